The van der Waals surface area contributed by atoms with Gasteiger partial charge in [0, 0.05) is 22.3 Å². The van der Waals surface area contributed by atoms with Crippen LogP contribution in [0, 0.1) is 91.9 Å². The summed E-state index contributed by atoms with van der Waals surface area (Å²) in [5.74, 6) is -24.8. The van der Waals surface area contributed by atoms with E-state index in [9.17, 15) is 78.1 Å². The van der Waals surface area contributed by atoms with Crippen molar-refractivity contribution in [3.8, 4) is 24.3 Å². The Morgan fingerprint density at radius 2 is 0.769 bits per heavy atom. The van der Waals surface area contributed by atoms with Crippen LogP contribution in [0.1, 0.15) is 38.9 Å². The molecule has 0 radical (unpaired) electrons. The van der Waals surface area contributed by atoms with Gasteiger partial charge in [-0.1, -0.05) is 6.07 Å². The molecule has 4 nitrogen and oxygen atoms in total. The molecule has 0 atom stereocenters. The molecule has 3 aromatic carbocycles. The summed E-state index contributed by atoms with van der Waals surface area (Å²) in [6.45, 7) is 0. The third-order valence-corrected chi connectivity index (χ3v) is 7.10. The second kappa shape index (κ2) is 12.8. The monoisotopic (exact) mass is 754 g/mol. The standard InChI is InChI=1S/C31H3F17N4/c32-21-17(22(33)26(37)19(25(21)36)30(43,44)45)12(6-51)15-14(11(5-50)10-2-1-9(29(40,41)42)3-8(10)4-49)16(15)13(7-52)18-23(34)27(38)20(31(46,47)48)28(39)24(18)35/h1-3H/b14-11?,15-12-,16-13+. The Morgan fingerprint density at radius 1 is 0.442 bits per heavy atom. The lowest BCUT2D eigenvalue weighted by Gasteiger charge is -2.14. The molecule has 0 spiro atoms. The summed E-state index contributed by atoms with van der Waals surface area (Å²) < 4.78 is 238. The Hall–Kier alpha value is -6.35. The van der Waals surface area contributed by atoms with Crippen LogP contribution < -0.4 is 0 Å². The largest absolute Gasteiger partial charge is 0.422 e. The molecule has 0 unspecified atom stereocenters. The van der Waals surface area contributed by atoms with Gasteiger partial charge in [-0.2, -0.15) is 60.6 Å². The van der Waals surface area contributed by atoms with Crippen molar-refractivity contribution < 1.29 is 74.6 Å². The number of rotatable bonds is 3. The summed E-state index contributed by atoms with van der Waals surface area (Å²) >= 11 is 0. The van der Waals surface area contributed by atoms with E-state index in [0.717, 1.165) is 12.1 Å². The molecule has 0 heterocycles. The molecule has 52 heavy (non-hydrogen) atoms. The highest BCUT2D eigenvalue weighted by molar-refractivity contribution is 6.12. The Labute approximate surface area is 276 Å². The van der Waals surface area contributed by atoms with Gasteiger partial charge in [-0.05, 0) is 12.1 Å². The number of nitriles is 4. The maximum atomic E-state index is 15.1. The van der Waals surface area contributed by atoms with Gasteiger partial charge in [0.25, 0.3) is 0 Å². The molecular weight excluding hydrogens is 751 g/mol. The van der Waals surface area contributed by atoms with Crippen LogP contribution >= 0.6 is 0 Å². The number of hydrogen-bond acceptors (Lipinski definition) is 4. The third-order valence-electron chi connectivity index (χ3n) is 7.10. The maximum absolute atomic E-state index is 15.1. The zero-order valence-corrected chi connectivity index (χ0v) is 23.9. The second-order valence-electron chi connectivity index (χ2n) is 9.96. The number of benzene rings is 3. The minimum Gasteiger partial charge on any atom is -0.203 e. The second-order valence-corrected chi connectivity index (χ2v) is 9.96. The fourth-order valence-electron chi connectivity index (χ4n) is 4.89. The van der Waals surface area contributed by atoms with Crippen LogP contribution in [0.15, 0.2) is 34.9 Å². The van der Waals surface area contributed by atoms with Crippen molar-refractivity contribution in [2.24, 2.45) is 0 Å². The zero-order valence-electron chi connectivity index (χ0n) is 23.9. The van der Waals surface area contributed by atoms with E-state index in [4.69, 9.17) is 0 Å². The van der Waals surface area contributed by atoms with Crippen LogP contribution in [0.25, 0.3) is 16.7 Å². The average Bonchev–Trinajstić information content (AvgIpc) is 3.75. The lowest BCUT2D eigenvalue weighted by atomic mass is 9.96. The molecule has 0 N–H and O–H groups in total. The molecule has 21 heteroatoms. The number of allylic oxidation sites excluding steroid dienone is 6. The van der Waals surface area contributed by atoms with Crippen LogP contribution in [0.5, 0.6) is 0 Å². The van der Waals surface area contributed by atoms with Crippen molar-refractivity contribution in [2.45, 2.75) is 18.5 Å². The predicted molar refractivity (Wildman–Crippen MR) is 136 cm³/mol. The molecule has 1 saturated carbocycles. The Kier molecular flexibility index (Phi) is 9.44. The van der Waals surface area contributed by atoms with Crippen molar-refractivity contribution in [2.75, 3.05) is 0 Å². The summed E-state index contributed by atoms with van der Waals surface area (Å²) in [5, 5.41) is 39.0. The lowest BCUT2D eigenvalue weighted by molar-refractivity contribution is -0.144. The highest BCUT2D eigenvalue weighted by Crippen LogP contribution is 2.57. The molecule has 0 aromatic heterocycles. The quantitative estimate of drug-likeness (QED) is 0.151. The molecular formula is C31H3F17N4. The molecule has 0 aliphatic heterocycles. The van der Waals surface area contributed by atoms with Crippen molar-refractivity contribution in [3.05, 3.63) is 120 Å². The summed E-state index contributed by atoms with van der Waals surface area (Å²) in [7, 11) is 0. The minimum atomic E-state index is -6.14. The molecule has 4 rings (SSSR count). The highest BCUT2D eigenvalue weighted by atomic mass is 19.4. The van der Waals surface area contributed by atoms with Crippen LogP contribution in [0.4, 0.5) is 74.6 Å². The number of nitrogens with zero attached hydrogens (tertiary/aromatic N) is 4. The highest BCUT2D eigenvalue weighted by Gasteiger charge is 2.49. The number of alkyl halides is 9. The Balaban J connectivity index is 2.32. The molecule has 266 valence electrons. The van der Waals surface area contributed by atoms with Crippen LogP contribution in [-0.4, -0.2) is 0 Å². The molecule has 1 fully saturated rings. The molecule has 0 bridgehead atoms. The first-order valence-corrected chi connectivity index (χ1v) is 12.8. The molecule has 3 aromatic rings. The first kappa shape index (κ1) is 38.5. The van der Waals surface area contributed by atoms with Crippen molar-refractivity contribution in [1.29, 1.82) is 21.0 Å². The van der Waals surface area contributed by atoms with Crippen LogP contribution in [0.3, 0.4) is 0 Å². The van der Waals surface area contributed by atoms with Gasteiger partial charge >= 0.3 is 18.5 Å². The molecule has 1 aliphatic rings. The van der Waals surface area contributed by atoms with Crippen molar-refractivity contribution >= 4 is 16.7 Å². The average molecular weight is 754 g/mol. The SMILES string of the molecule is N#CC(=C1C(=C(/C#N)c2c(F)c(F)c(C(F)(F)F)c(F)c2F)/C1=C(/C#N)c1c(F)c(F)c(C(F)(F)F)c(F)c1F)c1ccc(C(F)(F)F)cc1C#N. The first-order valence-electron chi connectivity index (χ1n) is 12.8. The fraction of sp³-hybridized carbons (Fsp3) is 0.0968. The summed E-state index contributed by atoms with van der Waals surface area (Å²) in [6, 6.07) is 4.67. The van der Waals surface area contributed by atoms with Crippen LogP contribution in [-0.2, 0) is 18.5 Å². The lowest BCUT2D eigenvalue weighted by Crippen LogP contribution is -2.17. The Bertz CT molecular complexity index is 2210. The van der Waals surface area contributed by atoms with E-state index < -0.39 is 137 Å². The maximum Gasteiger partial charge on any atom is 0.422 e. The van der Waals surface area contributed by atoms with Gasteiger partial charge in [0.2, 0.25) is 0 Å². The number of hydrogen-bond donors (Lipinski definition) is 0. The van der Waals surface area contributed by atoms with Gasteiger partial charge in [0.1, 0.15) is 29.3 Å². The van der Waals surface area contributed by atoms with E-state index in [-0.39, 0.29) is 12.1 Å². The van der Waals surface area contributed by atoms with Gasteiger partial charge in [-0.25, -0.2) is 35.1 Å². The fourth-order valence-corrected chi connectivity index (χ4v) is 4.89. The molecule has 0 amide bonds. The molecule has 0 saturated heterocycles. The third kappa shape index (κ3) is 6.04. The minimum absolute atomic E-state index is 0.0820. The predicted octanol–water partition coefficient (Wildman–Crippen LogP) is 9.97. The zero-order chi connectivity index (χ0) is 39.6. The van der Waals surface area contributed by atoms with E-state index in [1.807, 2.05) is 0 Å². The number of halogens is 17. The van der Waals surface area contributed by atoms with Gasteiger partial charge in [-0.15, -0.1) is 0 Å². The molecule has 1 aliphatic carbocycles. The smallest absolute Gasteiger partial charge is 0.203 e. The first-order chi connectivity index (χ1) is 23.9. The van der Waals surface area contributed by atoms with Gasteiger partial charge in [0.15, 0.2) is 46.5 Å². The van der Waals surface area contributed by atoms with Crippen LogP contribution in [0.2, 0.25) is 0 Å². The van der Waals surface area contributed by atoms with Gasteiger partial charge < -0.3 is 0 Å². The van der Waals surface area contributed by atoms with E-state index >= 15 is 17.6 Å². The van der Waals surface area contributed by atoms with E-state index in [1.54, 1.807) is 0 Å². The summed E-state index contributed by atoms with van der Waals surface area (Å²) in [5.41, 5.74) is -24.3. The van der Waals surface area contributed by atoms with Crippen molar-refractivity contribution in [3.63, 3.8) is 0 Å². The van der Waals surface area contributed by atoms with Gasteiger partial charge in [0.05, 0.1) is 45.0 Å². The summed E-state index contributed by atoms with van der Waals surface area (Å²) in [4.78, 5) is 0. The van der Waals surface area contributed by atoms with Crippen molar-refractivity contribution in [1.82, 2.24) is 0 Å². The normalized spacial score (nSPS) is 16.0. The summed E-state index contributed by atoms with van der Waals surface area (Å²) in [6.07, 6.45) is -17.5. The van der Waals surface area contributed by atoms with E-state index in [1.165, 1.54) is 12.1 Å². The topological polar surface area (TPSA) is 95.2 Å². The van der Waals surface area contributed by atoms with E-state index in [0.29, 0.717) is 6.07 Å². The van der Waals surface area contributed by atoms with Gasteiger partial charge in [-0.3, -0.25) is 0 Å². The Morgan fingerprint density at radius 3 is 1.04 bits per heavy atom. The van der Waals surface area contributed by atoms with E-state index in [2.05, 4.69) is 0 Å².